The number of hydrogen-bond acceptors (Lipinski definition) is 3. The third kappa shape index (κ3) is 1.46. The van der Waals surface area contributed by atoms with Crippen molar-refractivity contribution in [1.29, 1.82) is 0 Å². The van der Waals surface area contributed by atoms with Crippen molar-refractivity contribution in [1.82, 2.24) is 4.98 Å². The first-order valence-electron chi connectivity index (χ1n) is 3.84. The molecule has 0 unspecified atom stereocenters. The SMILES string of the molecule is Nc1c(OC2CC2)ccnc1Cl. The standard InChI is InChI=1S/C8H9ClN2O/c9-8-7(10)6(3-4-11-8)12-5-1-2-5/h3-5H,1-2,10H2. The quantitative estimate of drug-likeness (QED) is 0.714. The van der Waals surface area contributed by atoms with Gasteiger partial charge in [-0.2, -0.15) is 0 Å². The number of hydrogen-bond donors (Lipinski definition) is 1. The molecule has 0 amide bonds. The number of nitrogen functional groups attached to an aromatic ring is 1. The summed E-state index contributed by atoms with van der Waals surface area (Å²) in [4.78, 5) is 3.83. The summed E-state index contributed by atoms with van der Waals surface area (Å²) in [5, 5.41) is 0.313. The molecule has 1 fully saturated rings. The van der Waals surface area contributed by atoms with Crippen LogP contribution in [0.25, 0.3) is 0 Å². The lowest BCUT2D eigenvalue weighted by Gasteiger charge is -2.07. The fourth-order valence-electron chi connectivity index (χ4n) is 0.900. The number of aromatic nitrogens is 1. The maximum Gasteiger partial charge on any atom is 0.155 e. The van der Waals surface area contributed by atoms with Gasteiger partial charge >= 0.3 is 0 Å². The Kier molecular flexibility index (Phi) is 1.81. The molecule has 1 aliphatic rings. The van der Waals surface area contributed by atoms with Crippen LogP contribution in [0.4, 0.5) is 5.69 Å². The van der Waals surface area contributed by atoms with Crippen LogP contribution in [-0.2, 0) is 0 Å². The smallest absolute Gasteiger partial charge is 0.155 e. The lowest BCUT2D eigenvalue weighted by atomic mass is 10.4. The van der Waals surface area contributed by atoms with Crippen LogP contribution >= 0.6 is 11.6 Å². The van der Waals surface area contributed by atoms with Crippen LogP contribution < -0.4 is 10.5 Å². The Labute approximate surface area is 75.5 Å². The predicted octanol–water partition coefficient (Wildman–Crippen LogP) is 1.86. The summed E-state index contributed by atoms with van der Waals surface area (Å²) in [5.74, 6) is 0.650. The van der Waals surface area contributed by atoms with Gasteiger partial charge in [0.1, 0.15) is 11.4 Å². The Hall–Kier alpha value is -0.960. The Bertz CT molecular complexity index is 299. The number of ether oxygens (including phenoxy) is 1. The summed E-state index contributed by atoms with van der Waals surface area (Å²) in [5.41, 5.74) is 6.08. The number of nitrogens with zero attached hydrogens (tertiary/aromatic N) is 1. The maximum atomic E-state index is 5.70. The van der Waals surface area contributed by atoms with Crippen LogP contribution in [0.15, 0.2) is 12.3 Å². The van der Waals surface area contributed by atoms with Gasteiger partial charge in [-0.3, -0.25) is 0 Å². The van der Waals surface area contributed by atoms with E-state index in [9.17, 15) is 0 Å². The van der Waals surface area contributed by atoms with Crippen molar-refractivity contribution >= 4 is 17.3 Å². The molecule has 3 nitrogen and oxygen atoms in total. The van der Waals surface area contributed by atoms with Gasteiger partial charge in [0.05, 0.1) is 6.10 Å². The third-order valence-electron chi connectivity index (χ3n) is 1.72. The minimum Gasteiger partial charge on any atom is -0.488 e. The van der Waals surface area contributed by atoms with Gasteiger partial charge in [-0.1, -0.05) is 11.6 Å². The normalized spacial score (nSPS) is 16.1. The summed E-state index contributed by atoms with van der Waals surface area (Å²) in [7, 11) is 0. The van der Waals surface area contributed by atoms with E-state index in [1.807, 2.05) is 0 Å². The van der Waals surface area contributed by atoms with Crippen LogP contribution in [-0.4, -0.2) is 11.1 Å². The Morgan fingerprint density at radius 2 is 2.33 bits per heavy atom. The van der Waals surface area contributed by atoms with E-state index in [1.54, 1.807) is 12.3 Å². The monoisotopic (exact) mass is 184 g/mol. The highest BCUT2D eigenvalue weighted by Gasteiger charge is 2.24. The van der Waals surface area contributed by atoms with Gasteiger partial charge in [-0.05, 0) is 12.8 Å². The molecule has 0 radical (unpaired) electrons. The van der Waals surface area contributed by atoms with Crippen molar-refractivity contribution in [2.24, 2.45) is 0 Å². The van der Waals surface area contributed by atoms with E-state index >= 15 is 0 Å². The maximum absolute atomic E-state index is 5.70. The Morgan fingerprint density at radius 1 is 1.58 bits per heavy atom. The van der Waals surface area contributed by atoms with E-state index in [-0.39, 0.29) is 0 Å². The topological polar surface area (TPSA) is 48.1 Å². The van der Waals surface area contributed by atoms with Gasteiger partial charge in [0.25, 0.3) is 0 Å². The number of anilines is 1. The molecule has 1 aromatic rings. The highest BCUT2D eigenvalue weighted by atomic mass is 35.5. The largest absolute Gasteiger partial charge is 0.488 e. The average molecular weight is 185 g/mol. The van der Waals surface area contributed by atoms with Crippen molar-refractivity contribution in [2.75, 3.05) is 5.73 Å². The summed E-state index contributed by atoms with van der Waals surface area (Å²) in [6, 6.07) is 1.74. The fourth-order valence-corrected chi connectivity index (χ4v) is 1.05. The Balaban J connectivity index is 2.23. The van der Waals surface area contributed by atoms with Gasteiger partial charge in [0, 0.05) is 12.3 Å². The number of halogens is 1. The highest BCUT2D eigenvalue weighted by Crippen LogP contribution is 2.32. The summed E-state index contributed by atoms with van der Waals surface area (Å²) in [6.07, 6.45) is 4.15. The molecule has 2 rings (SSSR count). The van der Waals surface area contributed by atoms with Crippen molar-refractivity contribution in [3.8, 4) is 5.75 Å². The van der Waals surface area contributed by atoms with Crippen LogP contribution in [0.3, 0.4) is 0 Å². The second kappa shape index (κ2) is 2.83. The molecule has 0 aromatic carbocycles. The molecule has 4 heteroatoms. The van der Waals surface area contributed by atoms with E-state index < -0.39 is 0 Å². The van der Waals surface area contributed by atoms with Crippen LogP contribution in [0, 0.1) is 0 Å². The summed E-state index contributed by atoms with van der Waals surface area (Å²) in [6.45, 7) is 0. The second-order valence-electron chi connectivity index (χ2n) is 2.83. The number of nitrogens with two attached hydrogens (primary N) is 1. The summed E-state index contributed by atoms with van der Waals surface area (Å²) < 4.78 is 5.49. The molecule has 0 aliphatic heterocycles. The zero-order valence-corrected chi connectivity index (χ0v) is 7.21. The van der Waals surface area contributed by atoms with Crippen LogP contribution in [0.1, 0.15) is 12.8 Å². The van der Waals surface area contributed by atoms with E-state index in [0.717, 1.165) is 12.8 Å². The minimum absolute atomic E-state index is 0.313. The highest BCUT2D eigenvalue weighted by molar-refractivity contribution is 6.32. The van der Waals surface area contributed by atoms with E-state index in [4.69, 9.17) is 22.1 Å². The van der Waals surface area contributed by atoms with E-state index in [2.05, 4.69) is 4.98 Å². The van der Waals surface area contributed by atoms with Crippen LogP contribution in [0.2, 0.25) is 5.15 Å². The molecule has 12 heavy (non-hydrogen) atoms. The fraction of sp³-hybridized carbons (Fsp3) is 0.375. The predicted molar refractivity (Wildman–Crippen MR) is 47.3 cm³/mol. The molecule has 0 spiro atoms. The number of pyridine rings is 1. The molecule has 1 aliphatic carbocycles. The van der Waals surface area contributed by atoms with Gasteiger partial charge in [-0.25, -0.2) is 4.98 Å². The summed E-state index contributed by atoms with van der Waals surface area (Å²) >= 11 is 5.70. The minimum atomic E-state index is 0.313. The molecule has 64 valence electrons. The lowest BCUT2D eigenvalue weighted by molar-refractivity contribution is 0.304. The molecule has 0 saturated heterocycles. The van der Waals surface area contributed by atoms with Crippen molar-refractivity contribution in [3.63, 3.8) is 0 Å². The molecule has 1 heterocycles. The molecule has 1 aromatic heterocycles. The van der Waals surface area contributed by atoms with E-state index in [1.165, 1.54) is 0 Å². The van der Waals surface area contributed by atoms with Crippen LogP contribution in [0.5, 0.6) is 5.75 Å². The van der Waals surface area contributed by atoms with Gasteiger partial charge in [-0.15, -0.1) is 0 Å². The Morgan fingerprint density at radius 3 is 3.00 bits per heavy atom. The van der Waals surface area contributed by atoms with Crippen molar-refractivity contribution < 1.29 is 4.74 Å². The van der Waals surface area contributed by atoms with Gasteiger partial charge in [0.15, 0.2) is 5.15 Å². The van der Waals surface area contributed by atoms with Gasteiger partial charge in [0.2, 0.25) is 0 Å². The molecular formula is C8H9ClN2O. The first kappa shape index (κ1) is 7.68. The van der Waals surface area contributed by atoms with Crippen molar-refractivity contribution in [2.45, 2.75) is 18.9 Å². The first-order valence-corrected chi connectivity index (χ1v) is 4.22. The zero-order chi connectivity index (χ0) is 8.55. The average Bonchev–Trinajstić information content (AvgIpc) is 2.83. The zero-order valence-electron chi connectivity index (χ0n) is 6.46. The molecule has 1 saturated carbocycles. The first-order chi connectivity index (χ1) is 5.77. The molecule has 0 bridgehead atoms. The third-order valence-corrected chi connectivity index (χ3v) is 2.02. The van der Waals surface area contributed by atoms with E-state index in [0.29, 0.717) is 22.7 Å². The lowest BCUT2D eigenvalue weighted by Crippen LogP contribution is -2.00. The molecule has 2 N–H and O–H groups in total. The molecule has 0 atom stereocenters. The van der Waals surface area contributed by atoms with Crippen molar-refractivity contribution in [3.05, 3.63) is 17.4 Å². The van der Waals surface area contributed by atoms with Gasteiger partial charge < -0.3 is 10.5 Å². The number of rotatable bonds is 2. The second-order valence-corrected chi connectivity index (χ2v) is 3.19. The molecular weight excluding hydrogens is 176 g/mol.